The predicted octanol–water partition coefficient (Wildman–Crippen LogP) is 4.17. The number of anilines is 1. The van der Waals surface area contributed by atoms with Crippen LogP contribution in [0, 0.1) is 0 Å². The van der Waals surface area contributed by atoms with E-state index in [0.717, 1.165) is 48.9 Å². The summed E-state index contributed by atoms with van der Waals surface area (Å²) in [7, 11) is 1.82. The highest BCUT2D eigenvalue weighted by atomic mass is 16.5. The fraction of sp³-hybridized carbons (Fsp3) is 0.259. The third-order valence-corrected chi connectivity index (χ3v) is 5.52. The van der Waals surface area contributed by atoms with Gasteiger partial charge in [-0.1, -0.05) is 30.3 Å². The number of pyridine rings is 1. The summed E-state index contributed by atoms with van der Waals surface area (Å²) >= 11 is 0. The zero-order valence-corrected chi connectivity index (χ0v) is 18.9. The van der Waals surface area contributed by atoms with Gasteiger partial charge < -0.3 is 19.3 Å². The van der Waals surface area contributed by atoms with Crippen LogP contribution in [0.1, 0.15) is 16.8 Å². The molecule has 1 amide bonds. The van der Waals surface area contributed by atoms with Gasteiger partial charge in [0.1, 0.15) is 12.4 Å². The Kier molecular flexibility index (Phi) is 7.72. The van der Waals surface area contributed by atoms with Crippen molar-refractivity contribution in [3.63, 3.8) is 0 Å². The highest BCUT2D eigenvalue weighted by Gasteiger charge is 2.11. The Labute approximate surface area is 195 Å². The summed E-state index contributed by atoms with van der Waals surface area (Å²) in [6.07, 6.45) is 5.18. The van der Waals surface area contributed by atoms with Crippen molar-refractivity contribution in [1.29, 1.82) is 0 Å². The number of benzene rings is 2. The summed E-state index contributed by atoms with van der Waals surface area (Å²) in [6.45, 7) is 4.36. The van der Waals surface area contributed by atoms with Crippen LogP contribution in [-0.2, 0) is 22.7 Å². The van der Waals surface area contributed by atoms with E-state index in [4.69, 9.17) is 9.47 Å². The molecule has 33 heavy (non-hydrogen) atoms. The molecule has 1 aliphatic heterocycles. The van der Waals surface area contributed by atoms with E-state index in [9.17, 15) is 4.79 Å². The number of carbonyl (C=O) groups excluding carboxylic acids is 1. The van der Waals surface area contributed by atoms with Crippen LogP contribution in [0.25, 0.3) is 6.08 Å². The van der Waals surface area contributed by atoms with Crippen molar-refractivity contribution < 1.29 is 14.3 Å². The Bertz CT molecular complexity index is 1040. The predicted molar refractivity (Wildman–Crippen MR) is 130 cm³/mol. The molecule has 1 aliphatic rings. The maximum Gasteiger partial charge on any atom is 0.246 e. The number of aromatic nitrogens is 1. The number of amides is 1. The smallest absolute Gasteiger partial charge is 0.246 e. The number of likely N-dealkylation sites (N-methyl/N-ethyl adjacent to an activating group) is 1. The monoisotopic (exact) mass is 443 g/mol. The lowest BCUT2D eigenvalue weighted by Gasteiger charge is -2.29. The van der Waals surface area contributed by atoms with Crippen LogP contribution in [0.15, 0.2) is 79.0 Å². The standard InChI is InChI=1S/C27H29N3O3/c1-29(20-23-5-10-25(11-6-23)30-16-18-32-19-17-30)27(31)14-9-22-7-12-26(13-8-22)33-21-24-4-2-3-15-28-24/h2-15H,16-21H2,1H3/b14-9+. The summed E-state index contributed by atoms with van der Waals surface area (Å²) in [5.74, 6) is 0.726. The minimum atomic E-state index is -0.0391. The van der Waals surface area contributed by atoms with E-state index in [1.165, 1.54) is 5.69 Å². The fourth-order valence-electron chi connectivity index (χ4n) is 3.60. The van der Waals surface area contributed by atoms with Gasteiger partial charge in [0.25, 0.3) is 0 Å². The molecule has 0 radical (unpaired) electrons. The molecule has 0 unspecified atom stereocenters. The molecule has 170 valence electrons. The number of carbonyl (C=O) groups is 1. The maximum atomic E-state index is 12.5. The molecule has 0 N–H and O–H groups in total. The normalized spacial score (nSPS) is 13.8. The van der Waals surface area contributed by atoms with Crippen LogP contribution in [0.2, 0.25) is 0 Å². The number of nitrogens with zero attached hydrogens (tertiary/aromatic N) is 3. The minimum absolute atomic E-state index is 0.0391. The van der Waals surface area contributed by atoms with Crippen molar-refractivity contribution in [3.8, 4) is 5.75 Å². The van der Waals surface area contributed by atoms with Gasteiger partial charge in [-0.05, 0) is 53.6 Å². The first-order chi connectivity index (χ1) is 16.2. The van der Waals surface area contributed by atoms with Gasteiger partial charge in [-0.25, -0.2) is 0 Å². The largest absolute Gasteiger partial charge is 0.487 e. The van der Waals surface area contributed by atoms with Crippen molar-refractivity contribution in [2.75, 3.05) is 38.3 Å². The molecule has 6 nitrogen and oxygen atoms in total. The summed E-state index contributed by atoms with van der Waals surface area (Å²) in [6, 6.07) is 21.8. The molecule has 2 heterocycles. The third kappa shape index (κ3) is 6.67. The third-order valence-electron chi connectivity index (χ3n) is 5.52. The van der Waals surface area contributed by atoms with E-state index in [1.54, 1.807) is 17.2 Å². The molecular weight excluding hydrogens is 414 g/mol. The maximum absolute atomic E-state index is 12.5. The van der Waals surface area contributed by atoms with Gasteiger partial charge in [0.15, 0.2) is 0 Å². The molecule has 1 aromatic heterocycles. The lowest BCUT2D eigenvalue weighted by molar-refractivity contribution is -0.125. The molecule has 0 spiro atoms. The number of hydrogen-bond acceptors (Lipinski definition) is 5. The number of hydrogen-bond donors (Lipinski definition) is 0. The van der Waals surface area contributed by atoms with Crippen LogP contribution in [0.5, 0.6) is 5.75 Å². The Hall–Kier alpha value is -3.64. The highest BCUT2D eigenvalue weighted by molar-refractivity contribution is 5.91. The second-order valence-corrected chi connectivity index (χ2v) is 7.97. The summed E-state index contributed by atoms with van der Waals surface area (Å²) in [4.78, 5) is 20.8. The van der Waals surface area contributed by atoms with Crippen molar-refractivity contribution in [1.82, 2.24) is 9.88 Å². The Morgan fingerprint density at radius 3 is 2.52 bits per heavy atom. The highest BCUT2D eigenvalue weighted by Crippen LogP contribution is 2.18. The van der Waals surface area contributed by atoms with Gasteiger partial charge in [0.05, 0.1) is 18.9 Å². The van der Waals surface area contributed by atoms with Gasteiger partial charge in [-0.15, -0.1) is 0 Å². The van der Waals surface area contributed by atoms with Crippen molar-refractivity contribution in [3.05, 3.63) is 95.8 Å². The van der Waals surface area contributed by atoms with Crippen molar-refractivity contribution in [2.45, 2.75) is 13.2 Å². The van der Waals surface area contributed by atoms with Gasteiger partial charge in [-0.3, -0.25) is 9.78 Å². The van der Waals surface area contributed by atoms with E-state index in [-0.39, 0.29) is 5.91 Å². The van der Waals surface area contributed by atoms with Crippen molar-refractivity contribution in [2.24, 2.45) is 0 Å². The second kappa shape index (κ2) is 11.3. The van der Waals surface area contributed by atoms with E-state index >= 15 is 0 Å². The minimum Gasteiger partial charge on any atom is -0.487 e. The van der Waals surface area contributed by atoms with Crippen LogP contribution >= 0.6 is 0 Å². The van der Waals surface area contributed by atoms with E-state index in [1.807, 2.05) is 55.6 Å². The van der Waals surface area contributed by atoms with Gasteiger partial charge in [-0.2, -0.15) is 0 Å². The van der Waals surface area contributed by atoms with Crippen LogP contribution in [0.3, 0.4) is 0 Å². The first-order valence-electron chi connectivity index (χ1n) is 11.1. The first kappa shape index (κ1) is 22.6. The SMILES string of the molecule is CN(Cc1ccc(N2CCOCC2)cc1)C(=O)/C=C/c1ccc(OCc2ccccn2)cc1. The van der Waals surface area contributed by atoms with Gasteiger partial charge in [0.2, 0.25) is 5.91 Å². The summed E-state index contributed by atoms with van der Waals surface area (Å²) in [5, 5.41) is 0. The molecular formula is C27H29N3O3. The number of ether oxygens (including phenoxy) is 2. The molecule has 1 saturated heterocycles. The fourth-order valence-corrected chi connectivity index (χ4v) is 3.60. The lowest BCUT2D eigenvalue weighted by Crippen LogP contribution is -2.36. The molecule has 0 bridgehead atoms. The van der Waals surface area contributed by atoms with Crippen LogP contribution in [0.4, 0.5) is 5.69 Å². The number of morpholine rings is 1. The summed E-state index contributed by atoms with van der Waals surface area (Å²) in [5.41, 5.74) is 4.12. The van der Waals surface area contributed by atoms with E-state index in [0.29, 0.717) is 13.2 Å². The molecule has 2 aromatic carbocycles. The van der Waals surface area contributed by atoms with Crippen LogP contribution < -0.4 is 9.64 Å². The zero-order valence-electron chi connectivity index (χ0n) is 18.9. The van der Waals surface area contributed by atoms with E-state index in [2.05, 4.69) is 34.1 Å². The molecule has 3 aromatic rings. The quantitative estimate of drug-likeness (QED) is 0.489. The summed E-state index contributed by atoms with van der Waals surface area (Å²) < 4.78 is 11.2. The first-order valence-corrected chi connectivity index (χ1v) is 11.1. The van der Waals surface area contributed by atoms with Crippen LogP contribution in [-0.4, -0.2) is 49.1 Å². The molecule has 0 aliphatic carbocycles. The van der Waals surface area contributed by atoms with Crippen molar-refractivity contribution >= 4 is 17.7 Å². The number of rotatable bonds is 8. The van der Waals surface area contributed by atoms with Gasteiger partial charge >= 0.3 is 0 Å². The Morgan fingerprint density at radius 1 is 1.06 bits per heavy atom. The second-order valence-electron chi connectivity index (χ2n) is 7.97. The zero-order chi connectivity index (χ0) is 22.9. The Morgan fingerprint density at radius 2 is 1.82 bits per heavy atom. The van der Waals surface area contributed by atoms with E-state index < -0.39 is 0 Å². The molecule has 0 saturated carbocycles. The molecule has 4 rings (SSSR count). The molecule has 1 fully saturated rings. The average molecular weight is 444 g/mol. The lowest BCUT2D eigenvalue weighted by atomic mass is 10.1. The topological polar surface area (TPSA) is 54.9 Å². The van der Waals surface area contributed by atoms with Gasteiger partial charge in [0, 0.05) is 44.6 Å². The molecule has 6 heteroatoms. The average Bonchev–Trinajstić information content (AvgIpc) is 2.88. The Balaban J connectivity index is 1.26. The molecule has 0 atom stereocenters.